The molecule has 0 saturated heterocycles. The third kappa shape index (κ3) is 7.11. The van der Waals surface area contributed by atoms with Crippen molar-refractivity contribution in [1.29, 1.82) is 0 Å². The number of benzene rings is 3. The summed E-state index contributed by atoms with van der Waals surface area (Å²) in [5, 5.41) is 3.70. The standard InChI is InChI=1S/C30H34ClN3O2/c1-22-11-16-28(23(2)20-22)36-19-18-34-27-9-6-5-8-26(27)33-29(34)10-4-3-7-17-32-30(35)21-24-12-14-25(31)15-13-24/h5-6,8-9,11-16,20H,3-4,7,10,17-19,21H2,1-2H3,(H,32,35). The summed E-state index contributed by atoms with van der Waals surface area (Å²) in [6, 6.07) is 22.0. The maximum Gasteiger partial charge on any atom is 0.224 e. The fourth-order valence-electron chi connectivity index (χ4n) is 4.44. The van der Waals surface area contributed by atoms with Crippen molar-refractivity contribution in [3.05, 3.63) is 94.3 Å². The zero-order valence-electron chi connectivity index (χ0n) is 21.1. The Morgan fingerprint density at radius 2 is 1.81 bits per heavy atom. The molecule has 1 amide bonds. The van der Waals surface area contributed by atoms with Crippen LogP contribution < -0.4 is 10.1 Å². The second-order valence-electron chi connectivity index (χ2n) is 9.25. The van der Waals surface area contributed by atoms with E-state index in [1.54, 1.807) is 0 Å². The first-order chi connectivity index (χ1) is 17.5. The number of aryl methyl sites for hydroxylation is 3. The summed E-state index contributed by atoms with van der Waals surface area (Å²) in [4.78, 5) is 17.1. The van der Waals surface area contributed by atoms with Crippen LogP contribution in [0, 0.1) is 13.8 Å². The molecule has 4 aromatic rings. The molecule has 3 aromatic carbocycles. The number of para-hydroxylation sites is 2. The van der Waals surface area contributed by atoms with E-state index in [4.69, 9.17) is 21.3 Å². The van der Waals surface area contributed by atoms with Gasteiger partial charge in [0.2, 0.25) is 5.91 Å². The van der Waals surface area contributed by atoms with E-state index in [-0.39, 0.29) is 5.91 Å². The summed E-state index contributed by atoms with van der Waals surface area (Å²) in [5.74, 6) is 2.07. The SMILES string of the molecule is Cc1ccc(OCCn2c(CCCCCNC(=O)Cc3ccc(Cl)cc3)nc3ccccc32)c(C)c1. The van der Waals surface area contributed by atoms with Crippen LogP contribution >= 0.6 is 11.6 Å². The van der Waals surface area contributed by atoms with Crippen LogP contribution in [0.5, 0.6) is 5.75 Å². The molecular weight excluding hydrogens is 470 g/mol. The Kier molecular flexibility index (Phi) is 9.01. The Balaban J connectivity index is 1.24. The molecule has 6 heteroatoms. The van der Waals surface area contributed by atoms with Crippen LogP contribution in [0.3, 0.4) is 0 Å². The van der Waals surface area contributed by atoms with E-state index in [0.717, 1.165) is 66.0 Å². The highest BCUT2D eigenvalue weighted by molar-refractivity contribution is 6.30. The topological polar surface area (TPSA) is 56.1 Å². The molecule has 0 saturated carbocycles. The molecule has 5 nitrogen and oxygen atoms in total. The van der Waals surface area contributed by atoms with Crippen LogP contribution in [-0.4, -0.2) is 28.6 Å². The predicted molar refractivity (Wildman–Crippen MR) is 147 cm³/mol. The summed E-state index contributed by atoms with van der Waals surface area (Å²) < 4.78 is 8.39. The van der Waals surface area contributed by atoms with Crippen LogP contribution in [-0.2, 0) is 24.2 Å². The Morgan fingerprint density at radius 3 is 2.61 bits per heavy atom. The minimum atomic E-state index is 0.0444. The molecule has 0 spiro atoms. The zero-order valence-corrected chi connectivity index (χ0v) is 21.9. The van der Waals surface area contributed by atoms with E-state index in [1.165, 1.54) is 5.56 Å². The molecule has 4 rings (SSSR count). The van der Waals surface area contributed by atoms with E-state index >= 15 is 0 Å². The minimum Gasteiger partial charge on any atom is -0.491 e. The molecule has 0 radical (unpaired) electrons. The molecular formula is C30H34ClN3O2. The molecule has 0 aliphatic carbocycles. The largest absolute Gasteiger partial charge is 0.491 e. The van der Waals surface area contributed by atoms with Gasteiger partial charge in [-0.3, -0.25) is 4.79 Å². The van der Waals surface area contributed by atoms with E-state index < -0.39 is 0 Å². The number of nitrogens with one attached hydrogen (secondary N) is 1. The molecule has 0 atom stereocenters. The molecule has 0 bridgehead atoms. The fourth-order valence-corrected chi connectivity index (χ4v) is 4.56. The highest BCUT2D eigenvalue weighted by Gasteiger charge is 2.11. The smallest absolute Gasteiger partial charge is 0.224 e. The number of fused-ring (bicyclic) bond motifs is 1. The number of carbonyl (C=O) groups excluding carboxylic acids is 1. The van der Waals surface area contributed by atoms with E-state index in [0.29, 0.717) is 24.6 Å². The first kappa shape index (κ1) is 25.8. The van der Waals surface area contributed by atoms with E-state index in [1.807, 2.05) is 36.4 Å². The lowest BCUT2D eigenvalue weighted by atomic mass is 10.1. The second kappa shape index (κ2) is 12.6. The summed E-state index contributed by atoms with van der Waals surface area (Å²) in [5.41, 5.74) is 5.53. The van der Waals surface area contributed by atoms with Gasteiger partial charge in [-0.1, -0.05) is 60.0 Å². The van der Waals surface area contributed by atoms with Gasteiger partial charge < -0.3 is 14.6 Å². The molecule has 188 valence electrons. The second-order valence-corrected chi connectivity index (χ2v) is 9.69. The van der Waals surface area contributed by atoms with Gasteiger partial charge in [-0.2, -0.15) is 0 Å². The highest BCUT2D eigenvalue weighted by Crippen LogP contribution is 2.21. The number of ether oxygens (including phenoxy) is 1. The summed E-state index contributed by atoms with van der Waals surface area (Å²) in [6.45, 7) is 6.21. The van der Waals surface area contributed by atoms with Crippen molar-refractivity contribution in [2.75, 3.05) is 13.2 Å². The third-order valence-electron chi connectivity index (χ3n) is 6.31. The molecule has 1 aromatic heterocycles. The molecule has 1 N–H and O–H groups in total. The van der Waals surface area contributed by atoms with E-state index in [2.05, 4.69) is 54.1 Å². The van der Waals surface area contributed by atoms with Gasteiger partial charge in [0.1, 0.15) is 18.2 Å². The number of hydrogen-bond donors (Lipinski definition) is 1. The number of hydrogen-bond acceptors (Lipinski definition) is 3. The molecule has 0 unspecified atom stereocenters. The van der Waals surface area contributed by atoms with Crippen molar-refractivity contribution in [2.24, 2.45) is 0 Å². The molecule has 1 heterocycles. The Bertz CT molecular complexity index is 1300. The van der Waals surface area contributed by atoms with Crippen molar-refractivity contribution in [1.82, 2.24) is 14.9 Å². The average Bonchev–Trinajstić information content (AvgIpc) is 3.21. The van der Waals surface area contributed by atoms with Crippen LogP contribution in [0.2, 0.25) is 5.02 Å². The number of imidazole rings is 1. The maximum atomic E-state index is 12.2. The third-order valence-corrected chi connectivity index (χ3v) is 6.57. The lowest BCUT2D eigenvalue weighted by Gasteiger charge is -2.13. The molecule has 36 heavy (non-hydrogen) atoms. The monoisotopic (exact) mass is 503 g/mol. The number of aromatic nitrogens is 2. The van der Waals surface area contributed by atoms with Gasteiger partial charge in [-0.15, -0.1) is 0 Å². The molecule has 0 aliphatic heterocycles. The van der Waals surface area contributed by atoms with Gasteiger partial charge in [-0.25, -0.2) is 4.98 Å². The van der Waals surface area contributed by atoms with Gasteiger partial charge in [0.15, 0.2) is 0 Å². The van der Waals surface area contributed by atoms with Crippen LogP contribution in [0.15, 0.2) is 66.7 Å². The van der Waals surface area contributed by atoms with Gasteiger partial charge >= 0.3 is 0 Å². The maximum absolute atomic E-state index is 12.2. The van der Waals surface area contributed by atoms with Crippen molar-refractivity contribution in [3.8, 4) is 5.75 Å². The van der Waals surface area contributed by atoms with Gasteiger partial charge in [-0.05, 0) is 68.1 Å². The summed E-state index contributed by atoms with van der Waals surface area (Å²) >= 11 is 5.91. The first-order valence-electron chi connectivity index (χ1n) is 12.6. The fraction of sp³-hybridized carbons (Fsp3) is 0.333. The minimum absolute atomic E-state index is 0.0444. The number of halogens is 1. The van der Waals surface area contributed by atoms with Crippen molar-refractivity contribution in [2.45, 2.75) is 52.5 Å². The average molecular weight is 504 g/mol. The van der Waals surface area contributed by atoms with Crippen molar-refractivity contribution < 1.29 is 9.53 Å². The van der Waals surface area contributed by atoms with Gasteiger partial charge in [0.05, 0.1) is 24.0 Å². The Hall–Kier alpha value is -3.31. The Morgan fingerprint density at radius 1 is 1.00 bits per heavy atom. The van der Waals surface area contributed by atoms with Crippen molar-refractivity contribution in [3.63, 3.8) is 0 Å². The zero-order chi connectivity index (χ0) is 25.3. The number of amides is 1. The van der Waals surface area contributed by atoms with Gasteiger partial charge in [0, 0.05) is 18.0 Å². The van der Waals surface area contributed by atoms with Crippen molar-refractivity contribution >= 4 is 28.5 Å². The number of carbonyl (C=O) groups is 1. The number of nitrogens with zero attached hydrogens (tertiary/aromatic N) is 2. The van der Waals surface area contributed by atoms with Gasteiger partial charge in [0.25, 0.3) is 0 Å². The quantitative estimate of drug-likeness (QED) is 0.226. The summed E-state index contributed by atoms with van der Waals surface area (Å²) in [6.07, 6.45) is 4.28. The summed E-state index contributed by atoms with van der Waals surface area (Å²) in [7, 11) is 0. The molecule has 0 aliphatic rings. The van der Waals surface area contributed by atoms with Crippen LogP contribution in [0.25, 0.3) is 11.0 Å². The first-order valence-corrected chi connectivity index (χ1v) is 13.0. The normalized spacial score (nSPS) is 11.1. The number of rotatable bonds is 12. The lowest BCUT2D eigenvalue weighted by Crippen LogP contribution is -2.26. The molecule has 0 fully saturated rings. The van der Waals surface area contributed by atoms with Crippen LogP contribution in [0.1, 0.15) is 41.8 Å². The van der Waals surface area contributed by atoms with E-state index in [9.17, 15) is 4.79 Å². The Labute approximate surface area is 218 Å². The highest BCUT2D eigenvalue weighted by atomic mass is 35.5. The number of unbranched alkanes of at least 4 members (excludes halogenated alkanes) is 2. The lowest BCUT2D eigenvalue weighted by molar-refractivity contribution is -0.120. The van der Waals surface area contributed by atoms with Crippen LogP contribution in [0.4, 0.5) is 0 Å². The predicted octanol–water partition coefficient (Wildman–Crippen LogP) is 6.46.